The maximum atomic E-state index is 13.1. The Morgan fingerprint density at radius 3 is 2.24 bits per heavy atom. The molecule has 10 heteroatoms. The standard InChI is InChI=1S/C27H37ClO9/c1-6-7-8-9-10-11-15-27(37-20(4)31)17-22(28)26(33)21(27)16-24(36-19(3)30)23(35-18(2)29)13-12-14-25(32)34-5/h10-11,16-17,23-24H,6-9,12-15H2,1-5H3/b11-10-,21-16-/t23-,24-,27+/m0/s1. The molecule has 1 rings (SSSR count). The summed E-state index contributed by atoms with van der Waals surface area (Å²) >= 11 is 6.20. The number of hydrogen-bond acceptors (Lipinski definition) is 9. The summed E-state index contributed by atoms with van der Waals surface area (Å²) in [6.07, 6.45) is 8.73. The van der Waals surface area contributed by atoms with Gasteiger partial charge >= 0.3 is 23.9 Å². The van der Waals surface area contributed by atoms with Gasteiger partial charge in [0.25, 0.3) is 0 Å². The third-order valence-electron chi connectivity index (χ3n) is 5.58. The highest BCUT2D eigenvalue weighted by Crippen LogP contribution is 2.40. The van der Waals surface area contributed by atoms with Crippen molar-refractivity contribution in [3.63, 3.8) is 0 Å². The number of esters is 4. The number of hydrogen-bond donors (Lipinski definition) is 0. The van der Waals surface area contributed by atoms with Crippen LogP contribution in [0.25, 0.3) is 0 Å². The van der Waals surface area contributed by atoms with E-state index in [1.54, 1.807) is 0 Å². The van der Waals surface area contributed by atoms with Crippen LogP contribution in [0.3, 0.4) is 0 Å². The van der Waals surface area contributed by atoms with Crippen LogP contribution in [0.2, 0.25) is 0 Å². The van der Waals surface area contributed by atoms with Crippen molar-refractivity contribution in [2.75, 3.05) is 7.11 Å². The zero-order valence-electron chi connectivity index (χ0n) is 22.2. The lowest BCUT2D eigenvalue weighted by molar-refractivity contribution is -0.162. The van der Waals surface area contributed by atoms with Crippen molar-refractivity contribution in [2.24, 2.45) is 0 Å². The lowest BCUT2D eigenvalue weighted by Crippen LogP contribution is -2.38. The Balaban J connectivity index is 3.44. The monoisotopic (exact) mass is 540 g/mol. The van der Waals surface area contributed by atoms with E-state index in [-0.39, 0.29) is 36.3 Å². The SMILES string of the molecule is CCCCC/C=C\C[C@@]1(OC(C)=O)C=C(Cl)C(=O)/C1=C/[C@H](OC(C)=O)[C@H](CCCC(=O)OC)OC(C)=O. The van der Waals surface area contributed by atoms with E-state index in [4.69, 9.17) is 25.8 Å². The number of ether oxygens (including phenoxy) is 4. The Morgan fingerprint density at radius 1 is 1.00 bits per heavy atom. The van der Waals surface area contributed by atoms with E-state index >= 15 is 0 Å². The van der Waals surface area contributed by atoms with E-state index < -0.39 is 47.5 Å². The molecular weight excluding hydrogens is 504 g/mol. The highest BCUT2D eigenvalue weighted by Gasteiger charge is 2.46. The molecule has 0 spiro atoms. The van der Waals surface area contributed by atoms with Crippen molar-refractivity contribution in [2.45, 2.75) is 96.9 Å². The Bertz CT molecular complexity index is 934. The number of carbonyl (C=O) groups excluding carboxylic acids is 5. The van der Waals surface area contributed by atoms with Crippen LogP contribution in [0, 0.1) is 0 Å². The summed E-state index contributed by atoms with van der Waals surface area (Å²) in [5.41, 5.74) is -1.53. The first-order chi connectivity index (χ1) is 17.5. The van der Waals surface area contributed by atoms with Gasteiger partial charge in [0.15, 0.2) is 11.7 Å². The zero-order valence-corrected chi connectivity index (χ0v) is 22.9. The number of methoxy groups -OCH3 is 1. The van der Waals surface area contributed by atoms with E-state index in [1.165, 1.54) is 40.0 Å². The molecule has 0 amide bonds. The van der Waals surface area contributed by atoms with Gasteiger partial charge in [0.2, 0.25) is 5.78 Å². The Labute approximate surface area is 223 Å². The molecule has 0 fully saturated rings. The van der Waals surface area contributed by atoms with Crippen LogP contribution in [0.4, 0.5) is 0 Å². The van der Waals surface area contributed by atoms with Crippen LogP contribution in [-0.4, -0.2) is 54.6 Å². The minimum absolute atomic E-state index is 0.0118. The summed E-state index contributed by atoms with van der Waals surface area (Å²) in [7, 11) is 1.26. The topological polar surface area (TPSA) is 122 Å². The largest absolute Gasteiger partial charge is 0.469 e. The Hall–Kier alpha value is -2.94. The molecule has 0 unspecified atom stereocenters. The molecule has 1 aliphatic carbocycles. The van der Waals surface area contributed by atoms with Gasteiger partial charge in [0, 0.05) is 39.2 Å². The van der Waals surface area contributed by atoms with Gasteiger partial charge in [-0.25, -0.2) is 0 Å². The van der Waals surface area contributed by atoms with Gasteiger partial charge in [-0.05, 0) is 37.8 Å². The highest BCUT2D eigenvalue weighted by molar-refractivity contribution is 6.46. The second-order valence-corrected chi connectivity index (χ2v) is 9.15. The highest BCUT2D eigenvalue weighted by atomic mass is 35.5. The molecule has 0 saturated carbocycles. The molecule has 0 radical (unpaired) electrons. The minimum Gasteiger partial charge on any atom is -0.469 e. The summed E-state index contributed by atoms with van der Waals surface area (Å²) in [5.74, 6) is -3.03. The number of Topliss-reactive ketones (excluding diaryl/α,β-unsaturated/α-hetero) is 1. The molecule has 0 aliphatic heterocycles. The van der Waals surface area contributed by atoms with Crippen molar-refractivity contribution in [3.05, 3.63) is 34.9 Å². The first kappa shape index (κ1) is 32.1. The molecule has 1 aliphatic rings. The van der Waals surface area contributed by atoms with Crippen molar-refractivity contribution in [3.8, 4) is 0 Å². The minimum atomic E-state index is -1.52. The summed E-state index contributed by atoms with van der Waals surface area (Å²) in [5, 5.41) is -0.150. The van der Waals surface area contributed by atoms with E-state index in [9.17, 15) is 24.0 Å². The summed E-state index contributed by atoms with van der Waals surface area (Å²) in [6, 6.07) is 0. The van der Waals surface area contributed by atoms with Gasteiger partial charge in [-0.2, -0.15) is 0 Å². The average molecular weight is 541 g/mol. The third kappa shape index (κ3) is 10.9. The maximum absolute atomic E-state index is 13.1. The lowest BCUT2D eigenvalue weighted by atomic mass is 9.89. The summed E-state index contributed by atoms with van der Waals surface area (Å²) < 4.78 is 21.1. The first-order valence-electron chi connectivity index (χ1n) is 12.4. The third-order valence-corrected chi connectivity index (χ3v) is 5.86. The van der Waals surface area contributed by atoms with E-state index in [0.29, 0.717) is 0 Å². The fourth-order valence-electron chi connectivity index (χ4n) is 3.95. The van der Waals surface area contributed by atoms with Crippen LogP contribution in [0.1, 0.15) is 79.1 Å². The Kier molecular flexibility index (Phi) is 13.9. The molecule has 0 bridgehead atoms. The molecule has 0 aromatic rings. The molecule has 0 saturated heterocycles. The fourth-order valence-corrected chi connectivity index (χ4v) is 4.23. The van der Waals surface area contributed by atoms with Crippen LogP contribution in [0.5, 0.6) is 0 Å². The summed E-state index contributed by atoms with van der Waals surface area (Å²) in [4.78, 5) is 60.5. The predicted molar refractivity (Wildman–Crippen MR) is 136 cm³/mol. The van der Waals surface area contributed by atoms with Crippen LogP contribution < -0.4 is 0 Å². The van der Waals surface area contributed by atoms with Crippen LogP contribution in [0.15, 0.2) is 34.9 Å². The average Bonchev–Trinajstić information content (AvgIpc) is 3.03. The molecule has 206 valence electrons. The molecule has 0 aromatic heterocycles. The van der Waals surface area contributed by atoms with E-state index in [0.717, 1.165) is 25.7 Å². The van der Waals surface area contributed by atoms with Gasteiger partial charge in [-0.15, -0.1) is 0 Å². The van der Waals surface area contributed by atoms with Crippen molar-refractivity contribution in [1.82, 2.24) is 0 Å². The Morgan fingerprint density at radius 2 is 1.68 bits per heavy atom. The number of halogens is 1. The second kappa shape index (κ2) is 16.0. The van der Waals surface area contributed by atoms with Crippen molar-refractivity contribution < 1.29 is 42.9 Å². The zero-order chi connectivity index (χ0) is 28.0. The quantitative estimate of drug-likeness (QED) is 0.0959. The van der Waals surface area contributed by atoms with Crippen molar-refractivity contribution in [1.29, 1.82) is 0 Å². The molecule has 0 N–H and O–H groups in total. The van der Waals surface area contributed by atoms with E-state index in [2.05, 4.69) is 11.7 Å². The lowest BCUT2D eigenvalue weighted by Gasteiger charge is -2.30. The molecule has 0 aromatic carbocycles. The maximum Gasteiger partial charge on any atom is 0.305 e. The van der Waals surface area contributed by atoms with Gasteiger partial charge in [0.05, 0.1) is 12.1 Å². The molecular formula is C27H37ClO9. The van der Waals surface area contributed by atoms with Crippen LogP contribution >= 0.6 is 11.6 Å². The number of rotatable bonds is 15. The van der Waals surface area contributed by atoms with Gasteiger partial charge in [0.1, 0.15) is 6.10 Å². The van der Waals surface area contributed by atoms with Gasteiger partial charge in [-0.1, -0.05) is 43.5 Å². The smallest absolute Gasteiger partial charge is 0.305 e. The number of unbranched alkanes of at least 4 members (excludes halogenated alkanes) is 3. The van der Waals surface area contributed by atoms with Gasteiger partial charge in [-0.3, -0.25) is 24.0 Å². The van der Waals surface area contributed by atoms with E-state index in [1.807, 2.05) is 12.2 Å². The fraction of sp³-hybridized carbons (Fsp3) is 0.593. The second-order valence-electron chi connectivity index (χ2n) is 8.75. The summed E-state index contributed by atoms with van der Waals surface area (Å²) in [6.45, 7) is 5.68. The number of ketones is 1. The molecule has 37 heavy (non-hydrogen) atoms. The number of carbonyl (C=O) groups is 5. The molecule has 9 nitrogen and oxygen atoms in total. The first-order valence-corrected chi connectivity index (χ1v) is 12.7. The van der Waals surface area contributed by atoms with Gasteiger partial charge < -0.3 is 18.9 Å². The normalized spacial score (nSPS) is 19.9. The molecule has 3 atom stereocenters. The van der Waals surface area contributed by atoms with Crippen LogP contribution in [-0.2, 0) is 42.9 Å². The molecule has 0 heterocycles. The predicted octanol–water partition coefficient (Wildman–Crippen LogP) is 4.65. The number of allylic oxidation sites excluding steroid dienone is 2. The van der Waals surface area contributed by atoms with Crippen molar-refractivity contribution >= 4 is 41.3 Å².